The summed E-state index contributed by atoms with van der Waals surface area (Å²) in [6.07, 6.45) is 5.76. The summed E-state index contributed by atoms with van der Waals surface area (Å²) in [4.78, 5) is 6.07. The molecule has 1 aliphatic heterocycles. The Morgan fingerprint density at radius 3 is 2.73 bits per heavy atom. The first kappa shape index (κ1) is 10.7. The van der Waals surface area contributed by atoms with E-state index in [2.05, 4.69) is 42.9 Å². The van der Waals surface area contributed by atoms with Crippen molar-refractivity contribution in [1.29, 1.82) is 0 Å². The molecule has 0 unspecified atom stereocenters. The number of likely N-dealkylation sites (N-methyl/N-ethyl adjacent to an activating group) is 1. The van der Waals surface area contributed by atoms with Crippen LogP contribution in [0.15, 0.2) is 12.3 Å². The Hall–Kier alpha value is -0.760. The zero-order valence-electron chi connectivity index (χ0n) is 10.1. The number of nitrogens with zero attached hydrogens (tertiary/aromatic N) is 1. The lowest BCUT2D eigenvalue weighted by Crippen LogP contribution is -2.42. The van der Waals surface area contributed by atoms with Crippen LogP contribution in [0.25, 0.3) is 0 Å². The van der Waals surface area contributed by atoms with E-state index >= 15 is 0 Å². The summed E-state index contributed by atoms with van der Waals surface area (Å²) in [6, 6.07) is 3.62. The summed E-state index contributed by atoms with van der Waals surface area (Å²) < 4.78 is 0. The molecule has 1 N–H and O–H groups in total. The van der Waals surface area contributed by atoms with Crippen LogP contribution < -0.4 is 0 Å². The summed E-state index contributed by atoms with van der Waals surface area (Å²) >= 11 is 0. The van der Waals surface area contributed by atoms with Gasteiger partial charge < -0.3 is 4.98 Å². The minimum atomic E-state index is 0.634. The molecule has 1 aromatic heterocycles. The van der Waals surface area contributed by atoms with Crippen molar-refractivity contribution in [2.45, 2.75) is 52.1 Å². The van der Waals surface area contributed by atoms with E-state index in [-0.39, 0.29) is 0 Å². The van der Waals surface area contributed by atoms with E-state index in [9.17, 15) is 0 Å². The molecule has 0 bridgehead atoms. The van der Waals surface area contributed by atoms with Crippen molar-refractivity contribution >= 4 is 0 Å². The van der Waals surface area contributed by atoms with Crippen LogP contribution in [0.1, 0.15) is 50.9 Å². The lowest BCUT2D eigenvalue weighted by Gasteiger charge is -2.41. The molecule has 84 valence electrons. The van der Waals surface area contributed by atoms with E-state index in [1.54, 1.807) is 0 Å². The zero-order valence-corrected chi connectivity index (χ0v) is 10.1. The minimum Gasteiger partial charge on any atom is -0.365 e. The van der Waals surface area contributed by atoms with Crippen LogP contribution in [-0.4, -0.2) is 22.5 Å². The second-order valence-electron chi connectivity index (χ2n) is 4.43. The normalized spacial score (nSPS) is 26.6. The summed E-state index contributed by atoms with van der Waals surface area (Å²) in [5.74, 6) is 0. The molecule has 2 heteroatoms. The first-order valence-corrected chi connectivity index (χ1v) is 6.23. The molecule has 2 heterocycles. The molecule has 0 spiro atoms. The molecular weight excluding hydrogens is 184 g/mol. The number of aromatic amines is 1. The molecule has 0 saturated heterocycles. The number of rotatable bonds is 3. The maximum absolute atomic E-state index is 3.40. The third-order valence-electron chi connectivity index (χ3n) is 3.76. The SMILES string of the molecule is CC[C@@H]1Cc2[nH]ccc2[C@H](CC)N1CC. The van der Waals surface area contributed by atoms with Gasteiger partial charge in [0.25, 0.3) is 0 Å². The number of aromatic nitrogens is 1. The highest BCUT2D eigenvalue weighted by Crippen LogP contribution is 2.35. The monoisotopic (exact) mass is 206 g/mol. The number of nitrogens with one attached hydrogen (secondary N) is 1. The summed E-state index contributed by atoms with van der Waals surface area (Å²) in [7, 11) is 0. The second-order valence-corrected chi connectivity index (χ2v) is 4.43. The zero-order chi connectivity index (χ0) is 10.8. The third-order valence-corrected chi connectivity index (χ3v) is 3.76. The van der Waals surface area contributed by atoms with Gasteiger partial charge in [-0.2, -0.15) is 0 Å². The Balaban J connectivity index is 2.33. The van der Waals surface area contributed by atoms with Crippen molar-refractivity contribution in [3.8, 4) is 0 Å². The molecule has 0 aromatic carbocycles. The van der Waals surface area contributed by atoms with Crippen LogP contribution in [0.5, 0.6) is 0 Å². The quantitative estimate of drug-likeness (QED) is 0.805. The van der Waals surface area contributed by atoms with Crippen LogP contribution in [0, 0.1) is 0 Å². The van der Waals surface area contributed by atoms with Crippen molar-refractivity contribution in [3.63, 3.8) is 0 Å². The molecule has 0 fully saturated rings. The lowest BCUT2D eigenvalue weighted by atomic mass is 9.91. The second kappa shape index (κ2) is 4.40. The van der Waals surface area contributed by atoms with Gasteiger partial charge in [-0.1, -0.05) is 20.8 Å². The van der Waals surface area contributed by atoms with Gasteiger partial charge in [0.1, 0.15) is 0 Å². The molecule has 0 aliphatic carbocycles. The predicted octanol–water partition coefficient (Wildman–Crippen LogP) is 3.12. The van der Waals surface area contributed by atoms with Gasteiger partial charge in [-0.05, 0) is 31.0 Å². The molecular formula is C13H22N2. The van der Waals surface area contributed by atoms with Gasteiger partial charge in [0, 0.05) is 30.4 Å². The van der Waals surface area contributed by atoms with Gasteiger partial charge in [0.05, 0.1) is 0 Å². The third kappa shape index (κ3) is 1.71. The van der Waals surface area contributed by atoms with Gasteiger partial charge in [0.2, 0.25) is 0 Å². The smallest absolute Gasteiger partial charge is 0.0366 e. The average Bonchev–Trinajstić information content (AvgIpc) is 2.73. The summed E-state index contributed by atoms with van der Waals surface area (Å²) in [5.41, 5.74) is 3.00. The van der Waals surface area contributed by atoms with Gasteiger partial charge >= 0.3 is 0 Å². The maximum Gasteiger partial charge on any atom is 0.0366 e. The molecule has 1 aromatic rings. The van der Waals surface area contributed by atoms with E-state index in [4.69, 9.17) is 0 Å². The Kier molecular flexibility index (Phi) is 3.15. The van der Waals surface area contributed by atoms with Crippen molar-refractivity contribution < 1.29 is 0 Å². The highest BCUT2D eigenvalue weighted by atomic mass is 15.2. The van der Waals surface area contributed by atoms with Gasteiger partial charge in [-0.3, -0.25) is 4.90 Å². The highest BCUT2D eigenvalue weighted by molar-refractivity contribution is 5.28. The van der Waals surface area contributed by atoms with Crippen molar-refractivity contribution in [3.05, 3.63) is 23.5 Å². The molecule has 2 atom stereocenters. The van der Waals surface area contributed by atoms with E-state index in [1.807, 2.05) is 0 Å². The van der Waals surface area contributed by atoms with Crippen LogP contribution in [0.2, 0.25) is 0 Å². The van der Waals surface area contributed by atoms with Gasteiger partial charge in [0.15, 0.2) is 0 Å². The van der Waals surface area contributed by atoms with E-state index in [0.717, 1.165) is 6.04 Å². The molecule has 0 saturated carbocycles. The predicted molar refractivity (Wildman–Crippen MR) is 64.0 cm³/mol. The maximum atomic E-state index is 3.40. The number of hydrogen-bond acceptors (Lipinski definition) is 1. The van der Waals surface area contributed by atoms with Crippen LogP contribution in [-0.2, 0) is 6.42 Å². The fourth-order valence-electron chi connectivity index (χ4n) is 3.00. The largest absolute Gasteiger partial charge is 0.365 e. The lowest BCUT2D eigenvalue weighted by molar-refractivity contribution is 0.117. The van der Waals surface area contributed by atoms with Crippen LogP contribution >= 0.6 is 0 Å². The Morgan fingerprint density at radius 1 is 1.33 bits per heavy atom. The first-order chi connectivity index (χ1) is 7.31. The molecule has 1 aliphatic rings. The summed E-state index contributed by atoms with van der Waals surface area (Å²) in [5, 5.41) is 0. The van der Waals surface area contributed by atoms with E-state index in [0.29, 0.717) is 6.04 Å². The topological polar surface area (TPSA) is 19.0 Å². The standard InChI is InChI=1S/C13H22N2/c1-4-10-9-12-11(7-8-14-12)13(5-2)15(10)6-3/h7-8,10,13-14H,4-6,9H2,1-3H3/t10-,13+/m1/s1. The van der Waals surface area contributed by atoms with Crippen molar-refractivity contribution in [2.75, 3.05) is 6.54 Å². The van der Waals surface area contributed by atoms with Gasteiger partial charge in [-0.25, -0.2) is 0 Å². The van der Waals surface area contributed by atoms with E-state index < -0.39 is 0 Å². The number of hydrogen-bond donors (Lipinski definition) is 1. The Bertz CT molecular complexity index is 316. The fourth-order valence-corrected chi connectivity index (χ4v) is 3.00. The molecule has 2 rings (SSSR count). The molecule has 2 nitrogen and oxygen atoms in total. The minimum absolute atomic E-state index is 0.634. The number of fused-ring (bicyclic) bond motifs is 1. The Morgan fingerprint density at radius 2 is 2.13 bits per heavy atom. The summed E-state index contributed by atoms with van der Waals surface area (Å²) in [6.45, 7) is 8.04. The van der Waals surface area contributed by atoms with Crippen LogP contribution in [0.4, 0.5) is 0 Å². The van der Waals surface area contributed by atoms with Crippen LogP contribution in [0.3, 0.4) is 0 Å². The van der Waals surface area contributed by atoms with Crippen molar-refractivity contribution in [1.82, 2.24) is 9.88 Å². The first-order valence-electron chi connectivity index (χ1n) is 6.23. The number of H-pyrrole nitrogens is 1. The Labute approximate surface area is 92.7 Å². The van der Waals surface area contributed by atoms with Crippen molar-refractivity contribution in [2.24, 2.45) is 0 Å². The molecule has 15 heavy (non-hydrogen) atoms. The molecule has 0 radical (unpaired) electrons. The van der Waals surface area contributed by atoms with E-state index in [1.165, 1.54) is 37.1 Å². The van der Waals surface area contributed by atoms with Gasteiger partial charge in [-0.15, -0.1) is 0 Å². The molecule has 0 amide bonds. The highest BCUT2D eigenvalue weighted by Gasteiger charge is 2.31. The average molecular weight is 206 g/mol. The fraction of sp³-hybridized carbons (Fsp3) is 0.692.